The van der Waals surface area contributed by atoms with Crippen LogP contribution in [0.1, 0.15) is 29.7 Å². The Hall–Kier alpha value is -1.97. The molecule has 1 N–H and O–H groups in total. The molecule has 0 unspecified atom stereocenters. The normalized spacial score (nSPS) is 14.3. The second-order valence-electron chi connectivity index (χ2n) is 5.53. The van der Waals surface area contributed by atoms with Crippen LogP contribution in [0.3, 0.4) is 0 Å². The van der Waals surface area contributed by atoms with Crippen LogP contribution in [0.2, 0.25) is 0 Å². The number of hydrogen-bond acceptors (Lipinski definition) is 3. The van der Waals surface area contributed by atoms with E-state index < -0.39 is 0 Å². The summed E-state index contributed by atoms with van der Waals surface area (Å²) in [6, 6.07) is 7.04. The van der Waals surface area contributed by atoms with Crippen molar-refractivity contribution >= 4 is 5.82 Å². The van der Waals surface area contributed by atoms with Gasteiger partial charge in [-0.25, -0.2) is 14.4 Å². The number of benzene rings is 1. The average molecular weight is 271 g/mol. The Morgan fingerprint density at radius 3 is 2.80 bits per heavy atom. The minimum absolute atomic E-state index is 0.195. The van der Waals surface area contributed by atoms with Crippen LogP contribution in [0.4, 0.5) is 10.2 Å². The Morgan fingerprint density at radius 2 is 2.05 bits per heavy atom. The van der Waals surface area contributed by atoms with Gasteiger partial charge in [-0.2, -0.15) is 0 Å². The molecular weight excluding hydrogens is 253 g/mol. The minimum atomic E-state index is -0.195. The van der Waals surface area contributed by atoms with E-state index in [2.05, 4.69) is 15.3 Å². The fourth-order valence-electron chi connectivity index (χ4n) is 2.33. The number of hydrogen-bond donors (Lipinski definition) is 1. The van der Waals surface area contributed by atoms with Gasteiger partial charge in [-0.05, 0) is 55.4 Å². The molecule has 3 rings (SSSR count). The number of nitrogens with one attached hydrogen (secondary N) is 1. The predicted molar refractivity (Wildman–Crippen MR) is 76.9 cm³/mol. The molecule has 0 spiro atoms. The monoisotopic (exact) mass is 271 g/mol. The maximum Gasteiger partial charge on any atom is 0.129 e. The van der Waals surface area contributed by atoms with E-state index in [0.717, 1.165) is 35.0 Å². The lowest BCUT2D eigenvalue weighted by Gasteiger charge is -2.08. The van der Waals surface area contributed by atoms with E-state index in [-0.39, 0.29) is 5.82 Å². The molecule has 20 heavy (non-hydrogen) atoms. The topological polar surface area (TPSA) is 37.8 Å². The molecule has 1 saturated carbocycles. The van der Waals surface area contributed by atoms with E-state index in [0.29, 0.717) is 6.54 Å². The summed E-state index contributed by atoms with van der Waals surface area (Å²) >= 11 is 0. The van der Waals surface area contributed by atoms with Gasteiger partial charge in [-0.3, -0.25) is 0 Å². The zero-order valence-corrected chi connectivity index (χ0v) is 11.6. The van der Waals surface area contributed by atoms with E-state index in [1.165, 1.54) is 18.9 Å². The number of aryl methyl sites for hydroxylation is 1. The third-order valence-electron chi connectivity index (χ3n) is 3.49. The lowest BCUT2D eigenvalue weighted by atomic mass is 10.1. The molecule has 0 radical (unpaired) electrons. The Labute approximate surface area is 118 Å². The van der Waals surface area contributed by atoms with Gasteiger partial charge in [0.05, 0.1) is 0 Å². The van der Waals surface area contributed by atoms with Gasteiger partial charge in [-0.1, -0.05) is 6.07 Å². The van der Waals surface area contributed by atoms with Crippen LogP contribution >= 0.6 is 0 Å². The van der Waals surface area contributed by atoms with E-state index in [1.807, 2.05) is 19.1 Å². The molecule has 0 saturated heterocycles. The van der Waals surface area contributed by atoms with E-state index in [9.17, 15) is 4.39 Å². The molecule has 1 fully saturated rings. The molecule has 1 aromatic carbocycles. The summed E-state index contributed by atoms with van der Waals surface area (Å²) in [4.78, 5) is 8.50. The average Bonchev–Trinajstić information content (AvgIpc) is 3.20. The van der Waals surface area contributed by atoms with Gasteiger partial charge in [0, 0.05) is 18.3 Å². The first-order chi connectivity index (χ1) is 9.69. The Bertz CT molecular complexity index is 588. The molecule has 1 heterocycles. The summed E-state index contributed by atoms with van der Waals surface area (Å²) < 4.78 is 13.3. The van der Waals surface area contributed by atoms with Crippen LogP contribution in [-0.2, 0) is 13.0 Å². The second-order valence-corrected chi connectivity index (χ2v) is 5.53. The van der Waals surface area contributed by atoms with E-state index in [4.69, 9.17) is 0 Å². The molecule has 3 nitrogen and oxygen atoms in total. The maximum atomic E-state index is 13.3. The van der Waals surface area contributed by atoms with Gasteiger partial charge in [0.15, 0.2) is 0 Å². The van der Waals surface area contributed by atoms with Gasteiger partial charge in [-0.15, -0.1) is 0 Å². The van der Waals surface area contributed by atoms with Crippen molar-refractivity contribution in [2.24, 2.45) is 5.92 Å². The highest BCUT2D eigenvalue weighted by Gasteiger charge is 2.22. The summed E-state index contributed by atoms with van der Waals surface area (Å²) in [6.07, 6.45) is 5.26. The molecule has 1 aliphatic rings. The lowest BCUT2D eigenvalue weighted by molar-refractivity contribution is 0.624. The number of aromatic nitrogens is 2. The zero-order valence-electron chi connectivity index (χ0n) is 11.6. The van der Waals surface area contributed by atoms with E-state index >= 15 is 0 Å². The molecule has 1 aliphatic carbocycles. The van der Waals surface area contributed by atoms with Crippen molar-refractivity contribution in [3.63, 3.8) is 0 Å². The highest BCUT2D eigenvalue weighted by Crippen LogP contribution is 2.32. The highest BCUT2D eigenvalue weighted by atomic mass is 19.1. The van der Waals surface area contributed by atoms with Crippen molar-refractivity contribution in [1.82, 2.24) is 9.97 Å². The number of halogens is 1. The van der Waals surface area contributed by atoms with Crippen LogP contribution in [0.15, 0.2) is 30.6 Å². The standard InChI is InChI=1S/C16H18FN3/c1-11-4-13(6-14(17)5-11)9-18-16-8-15(19-10-20-16)7-12-2-3-12/h4-6,8,10,12H,2-3,7,9H2,1H3,(H,18,19,20). The molecule has 0 atom stereocenters. The fraction of sp³-hybridized carbons (Fsp3) is 0.375. The summed E-state index contributed by atoms with van der Waals surface area (Å²) in [7, 11) is 0. The van der Waals surface area contributed by atoms with Crippen molar-refractivity contribution in [2.45, 2.75) is 32.7 Å². The van der Waals surface area contributed by atoms with Crippen molar-refractivity contribution in [3.8, 4) is 0 Å². The Morgan fingerprint density at radius 1 is 1.20 bits per heavy atom. The fourth-order valence-corrected chi connectivity index (χ4v) is 2.33. The smallest absolute Gasteiger partial charge is 0.129 e. The van der Waals surface area contributed by atoms with Gasteiger partial charge in [0.1, 0.15) is 18.0 Å². The predicted octanol–water partition coefficient (Wildman–Crippen LogP) is 3.49. The van der Waals surface area contributed by atoms with E-state index in [1.54, 1.807) is 12.4 Å². The van der Waals surface area contributed by atoms with Crippen molar-refractivity contribution in [1.29, 1.82) is 0 Å². The van der Waals surface area contributed by atoms with Crippen LogP contribution in [-0.4, -0.2) is 9.97 Å². The first-order valence-corrected chi connectivity index (χ1v) is 7.00. The minimum Gasteiger partial charge on any atom is -0.366 e. The molecule has 0 aliphatic heterocycles. The second kappa shape index (κ2) is 5.57. The maximum absolute atomic E-state index is 13.3. The molecule has 2 aromatic rings. The lowest BCUT2D eigenvalue weighted by Crippen LogP contribution is -2.04. The van der Waals surface area contributed by atoms with Crippen LogP contribution in [0.25, 0.3) is 0 Å². The van der Waals surface area contributed by atoms with Gasteiger partial charge < -0.3 is 5.32 Å². The number of rotatable bonds is 5. The highest BCUT2D eigenvalue weighted by molar-refractivity contribution is 5.37. The first kappa shape index (κ1) is 13.0. The molecule has 4 heteroatoms. The molecular formula is C16H18FN3. The first-order valence-electron chi connectivity index (χ1n) is 7.00. The SMILES string of the molecule is Cc1cc(F)cc(CNc2cc(CC3CC3)ncn2)c1. The van der Waals surface area contributed by atoms with Crippen molar-refractivity contribution < 1.29 is 4.39 Å². The van der Waals surface area contributed by atoms with Crippen LogP contribution in [0, 0.1) is 18.7 Å². The third kappa shape index (κ3) is 3.53. The Balaban J connectivity index is 1.64. The van der Waals surface area contributed by atoms with Gasteiger partial charge >= 0.3 is 0 Å². The number of nitrogens with zero attached hydrogens (tertiary/aromatic N) is 2. The quantitative estimate of drug-likeness (QED) is 0.904. The molecule has 104 valence electrons. The largest absolute Gasteiger partial charge is 0.366 e. The molecule has 0 bridgehead atoms. The van der Waals surface area contributed by atoms with Gasteiger partial charge in [0.2, 0.25) is 0 Å². The summed E-state index contributed by atoms with van der Waals surface area (Å²) in [5.74, 6) is 1.42. The van der Waals surface area contributed by atoms with Crippen molar-refractivity contribution in [3.05, 3.63) is 53.2 Å². The third-order valence-corrected chi connectivity index (χ3v) is 3.49. The zero-order chi connectivity index (χ0) is 13.9. The number of anilines is 1. The van der Waals surface area contributed by atoms with Crippen LogP contribution in [0.5, 0.6) is 0 Å². The summed E-state index contributed by atoms with van der Waals surface area (Å²) in [5, 5.41) is 3.23. The molecule has 1 aromatic heterocycles. The van der Waals surface area contributed by atoms with Crippen molar-refractivity contribution in [2.75, 3.05) is 5.32 Å². The van der Waals surface area contributed by atoms with Crippen LogP contribution < -0.4 is 5.32 Å². The summed E-state index contributed by atoms with van der Waals surface area (Å²) in [5.41, 5.74) is 2.93. The van der Waals surface area contributed by atoms with Gasteiger partial charge in [0.25, 0.3) is 0 Å². The summed E-state index contributed by atoms with van der Waals surface area (Å²) in [6.45, 7) is 2.46. The molecule has 0 amide bonds. The Kier molecular flexibility index (Phi) is 3.63.